The van der Waals surface area contributed by atoms with Crippen LogP contribution in [0.4, 0.5) is 4.39 Å². The first-order chi connectivity index (χ1) is 7.58. The van der Waals surface area contributed by atoms with Crippen LogP contribution in [0, 0.1) is 5.82 Å². The van der Waals surface area contributed by atoms with Crippen molar-refractivity contribution in [3.05, 3.63) is 41.0 Å². The number of hydrogen-bond acceptors (Lipinski definition) is 3. The number of rotatable bonds is 2. The Morgan fingerprint density at radius 1 is 1.50 bits per heavy atom. The molecule has 4 nitrogen and oxygen atoms in total. The SMILES string of the molecule is O=C(O)c1cnc(-c2ccc(Cl)cc2F)o1. The van der Waals surface area contributed by atoms with Crippen LogP contribution in [-0.2, 0) is 0 Å². The van der Waals surface area contributed by atoms with E-state index in [0.29, 0.717) is 0 Å². The summed E-state index contributed by atoms with van der Waals surface area (Å²) in [5.74, 6) is -2.31. The normalized spacial score (nSPS) is 10.4. The molecule has 0 spiro atoms. The van der Waals surface area contributed by atoms with Crippen molar-refractivity contribution in [2.75, 3.05) is 0 Å². The van der Waals surface area contributed by atoms with Crippen LogP contribution in [0.1, 0.15) is 10.6 Å². The van der Waals surface area contributed by atoms with E-state index >= 15 is 0 Å². The van der Waals surface area contributed by atoms with Crippen LogP contribution in [0.5, 0.6) is 0 Å². The molecule has 6 heteroatoms. The van der Waals surface area contributed by atoms with Crippen LogP contribution in [0.3, 0.4) is 0 Å². The lowest BCUT2D eigenvalue weighted by atomic mass is 10.2. The first kappa shape index (κ1) is 10.6. The summed E-state index contributed by atoms with van der Waals surface area (Å²) in [6, 6.07) is 3.93. The first-order valence-electron chi connectivity index (χ1n) is 4.22. The van der Waals surface area contributed by atoms with Gasteiger partial charge < -0.3 is 9.52 Å². The molecule has 82 valence electrons. The second-order valence-corrected chi connectivity index (χ2v) is 3.40. The second-order valence-electron chi connectivity index (χ2n) is 2.96. The highest BCUT2D eigenvalue weighted by atomic mass is 35.5. The lowest BCUT2D eigenvalue weighted by Crippen LogP contribution is -1.91. The van der Waals surface area contributed by atoms with Crippen LogP contribution >= 0.6 is 11.6 Å². The molecule has 2 aromatic rings. The number of benzene rings is 1. The van der Waals surface area contributed by atoms with Crippen molar-refractivity contribution in [2.45, 2.75) is 0 Å². The van der Waals surface area contributed by atoms with Crippen molar-refractivity contribution in [3.8, 4) is 11.5 Å². The van der Waals surface area contributed by atoms with E-state index in [2.05, 4.69) is 4.98 Å². The number of nitrogens with zero attached hydrogens (tertiary/aromatic N) is 1. The summed E-state index contributed by atoms with van der Waals surface area (Å²) in [6.45, 7) is 0. The van der Waals surface area contributed by atoms with Crippen LogP contribution < -0.4 is 0 Å². The molecule has 0 aliphatic heterocycles. The molecule has 0 fully saturated rings. The van der Waals surface area contributed by atoms with Crippen LogP contribution in [0.15, 0.2) is 28.8 Å². The molecular formula is C10H5ClFNO3. The molecule has 1 aromatic heterocycles. The first-order valence-corrected chi connectivity index (χ1v) is 4.60. The van der Waals surface area contributed by atoms with Gasteiger partial charge in [-0.15, -0.1) is 0 Å². The summed E-state index contributed by atoms with van der Waals surface area (Å²) >= 11 is 5.57. The van der Waals surface area contributed by atoms with Crippen LogP contribution in [0.2, 0.25) is 5.02 Å². The third-order valence-corrected chi connectivity index (χ3v) is 2.11. The third-order valence-electron chi connectivity index (χ3n) is 1.88. The van der Waals surface area contributed by atoms with Gasteiger partial charge in [0.25, 0.3) is 0 Å². The highest BCUT2D eigenvalue weighted by Gasteiger charge is 2.15. The molecule has 0 bridgehead atoms. The lowest BCUT2D eigenvalue weighted by Gasteiger charge is -1.98. The summed E-state index contributed by atoms with van der Waals surface area (Å²) in [5.41, 5.74) is 0.0666. The highest BCUT2D eigenvalue weighted by molar-refractivity contribution is 6.30. The van der Waals surface area contributed by atoms with E-state index in [0.717, 1.165) is 12.3 Å². The van der Waals surface area contributed by atoms with E-state index in [1.165, 1.54) is 12.1 Å². The molecule has 0 saturated carbocycles. The Labute approximate surface area is 94.3 Å². The van der Waals surface area contributed by atoms with Gasteiger partial charge in [0.1, 0.15) is 5.82 Å². The Bertz CT molecular complexity index is 553. The standard InChI is InChI=1S/C10H5ClFNO3/c11-5-1-2-6(7(12)3-5)9-13-4-8(16-9)10(14)15/h1-4H,(H,14,15). The Balaban J connectivity index is 2.46. The Kier molecular flexibility index (Phi) is 2.62. The fraction of sp³-hybridized carbons (Fsp3) is 0. The summed E-state index contributed by atoms with van der Waals surface area (Å²) in [5, 5.41) is 8.85. The predicted octanol–water partition coefficient (Wildman–Crippen LogP) is 2.83. The van der Waals surface area contributed by atoms with Gasteiger partial charge in [0, 0.05) is 5.02 Å². The van der Waals surface area contributed by atoms with Crippen molar-refractivity contribution in [1.29, 1.82) is 0 Å². The molecule has 0 saturated heterocycles. The summed E-state index contributed by atoms with van der Waals surface area (Å²) < 4.78 is 18.3. The smallest absolute Gasteiger partial charge is 0.373 e. The number of carbonyl (C=O) groups is 1. The van der Waals surface area contributed by atoms with Crippen LogP contribution in [-0.4, -0.2) is 16.1 Å². The summed E-state index contributed by atoms with van der Waals surface area (Å²) in [6.07, 6.45) is 1.02. The second kappa shape index (κ2) is 3.94. The number of hydrogen-bond donors (Lipinski definition) is 1. The van der Waals surface area contributed by atoms with Crippen molar-refractivity contribution < 1.29 is 18.7 Å². The van der Waals surface area contributed by atoms with Gasteiger partial charge in [-0.05, 0) is 18.2 Å². The molecule has 1 heterocycles. The number of aromatic carboxylic acids is 1. The van der Waals surface area contributed by atoms with Gasteiger partial charge in [-0.3, -0.25) is 0 Å². The van der Waals surface area contributed by atoms with E-state index in [1.807, 2.05) is 0 Å². The van der Waals surface area contributed by atoms with Crippen molar-refractivity contribution >= 4 is 17.6 Å². The molecule has 0 amide bonds. The van der Waals surface area contributed by atoms with Gasteiger partial charge in [-0.25, -0.2) is 14.2 Å². The van der Waals surface area contributed by atoms with Crippen molar-refractivity contribution in [1.82, 2.24) is 4.98 Å². The van der Waals surface area contributed by atoms with Gasteiger partial charge in [0.15, 0.2) is 0 Å². The summed E-state index contributed by atoms with van der Waals surface area (Å²) in [4.78, 5) is 14.2. The van der Waals surface area contributed by atoms with E-state index in [1.54, 1.807) is 0 Å². The van der Waals surface area contributed by atoms with Gasteiger partial charge in [0.2, 0.25) is 11.7 Å². The third kappa shape index (κ3) is 1.90. The molecule has 1 N–H and O–H groups in total. The molecule has 2 rings (SSSR count). The zero-order chi connectivity index (χ0) is 11.7. The largest absolute Gasteiger partial charge is 0.475 e. The quantitative estimate of drug-likeness (QED) is 0.878. The fourth-order valence-electron chi connectivity index (χ4n) is 1.16. The van der Waals surface area contributed by atoms with E-state index in [9.17, 15) is 9.18 Å². The lowest BCUT2D eigenvalue weighted by molar-refractivity contribution is 0.0663. The fourth-order valence-corrected chi connectivity index (χ4v) is 1.32. The maximum absolute atomic E-state index is 13.4. The molecule has 1 aromatic carbocycles. The minimum absolute atomic E-state index is 0.0666. The van der Waals surface area contributed by atoms with E-state index < -0.39 is 11.8 Å². The van der Waals surface area contributed by atoms with Crippen molar-refractivity contribution in [2.24, 2.45) is 0 Å². The number of aromatic nitrogens is 1. The van der Waals surface area contributed by atoms with Gasteiger partial charge in [0.05, 0.1) is 11.8 Å². The molecule has 0 aliphatic rings. The molecule has 0 radical (unpaired) electrons. The van der Waals surface area contributed by atoms with Crippen molar-refractivity contribution in [3.63, 3.8) is 0 Å². The van der Waals surface area contributed by atoms with Gasteiger partial charge >= 0.3 is 5.97 Å². The average Bonchev–Trinajstić information content (AvgIpc) is 2.66. The molecule has 0 atom stereocenters. The number of oxazole rings is 1. The Morgan fingerprint density at radius 2 is 2.25 bits per heavy atom. The summed E-state index contributed by atoms with van der Waals surface area (Å²) in [7, 11) is 0. The molecule has 0 unspecified atom stereocenters. The zero-order valence-electron chi connectivity index (χ0n) is 7.78. The number of carboxylic acids is 1. The average molecular weight is 242 g/mol. The van der Waals surface area contributed by atoms with E-state index in [-0.39, 0.29) is 22.2 Å². The Morgan fingerprint density at radius 3 is 2.81 bits per heavy atom. The minimum atomic E-state index is -1.26. The highest BCUT2D eigenvalue weighted by Crippen LogP contribution is 2.24. The number of carboxylic acid groups (broad SMARTS) is 1. The number of halogens is 2. The zero-order valence-corrected chi connectivity index (χ0v) is 8.53. The monoisotopic (exact) mass is 241 g/mol. The minimum Gasteiger partial charge on any atom is -0.475 e. The maximum Gasteiger partial charge on any atom is 0.373 e. The van der Waals surface area contributed by atoms with E-state index in [4.69, 9.17) is 21.1 Å². The predicted molar refractivity (Wildman–Crippen MR) is 53.9 cm³/mol. The topological polar surface area (TPSA) is 63.3 Å². The molecular weight excluding hydrogens is 237 g/mol. The molecule has 0 aliphatic carbocycles. The molecule has 16 heavy (non-hydrogen) atoms. The van der Waals surface area contributed by atoms with Crippen LogP contribution in [0.25, 0.3) is 11.5 Å². The van der Waals surface area contributed by atoms with Gasteiger partial charge in [-0.2, -0.15) is 0 Å². The Hall–Kier alpha value is -1.88. The van der Waals surface area contributed by atoms with Gasteiger partial charge in [-0.1, -0.05) is 11.6 Å². The maximum atomic E-state index is 13.4.